The number of likely N-dealkylation sites (tertiary alicyclic amines) is 1. The van der Waals surface area contributed by atoms with E-state index in [1.807, 2.05) is 20.8 Å². The van der Waals surface area contributed by atoms with Crippen molar-refractivity contribution in [1.29, 1.82) is 0 Å². The summed E-state index contributed by atoms with van der Waals surface area (Å²) in [7, 11) is 0. The Morgan fingerprint density at radius 1 is 1.20 bits per heavy atom. The van der Waals surface area contributed by atoms with Gasteiger partial charge < -0.3 is 10.6 Å². The second kappa shape index (κ2) is 8.63. The Kier molecular flexibility index (Phi) is 7.52. The predicted octanol–water partition coefficient (Wildman–Crippen LogP) is 2.00. The number of nitrogens with one attached hydrogen (secondary N) is 2. The van der Waals surface area contributed by atoms with E-state index in [1.165, 1.54) is 19.3 Å². The van der Waals surface area contributed by atoms with E-state index in [-0.39, 0.29) is 18.0 Å². The monoisotopic (exact) mass is 283 g/mol. The number of hydrogen-bond donors (Lipinski definition) is 2. The van der Waals surface area contributed by atoms with Crippen LogP contribution in [0.3, 0.4) is 0 Å². The first-order valence-electron chi connectivity index (χ1n) is 8.18. The Labute approximate surface area is 124 Å². The lowest BCUT2D eigenvalue weighted by Gasteiger charge is -2.39. The standard InChI is InChI=1S/C16H33N3O/c1-12(2)10-17-11-15-8-6-7-9-19(15)14(5)16(20)18-13(3)4/h12-15,17H,6-11H2,1-5H3,(H,18,20). The molecule has 20 heavy (non-hydrogen) atoms. The van der Waals surface area contributed by atoms with E-state index >= 15 is 0 Å². The fourth-order valence-corrected chi connectivity index (χ4v) is 2.85. The molecule has 0 aromatic heterocycles. The van der Waals surface area contributed by atoms with Crippen LogP contribution in [0.1, 0.15) is 53.9 Å². The Bertz CT molecular complexity index is 291. The van der Waals surface area contributed by atoms with Gasteiger partial charge in [-0.05, 0) is 52.6 Å². The third kappa shape index (κ3) is 5.80. The molecule has 0 bridgehead atoms. The van der Waals surface area contributed by atoms with Gasteiger partial charge in [-0.25, -0.2) is 0 Å². The molecule has 1 fully saturated rings. The minimum Gasteiger partial charge on any atom is -0.353 e. The molecule has 4 nitrogen and oxygen atoms in total. The Hall–Kier alpha value is -0.610. The average molecular weight is 283 g/mol. The van der Waals surface area contributed by atoms with Crippen molar-refractivity contribution in [3.05, 3.63) is 0 Å². The molecule has 1 heterocycles. The van der Waals surface area contributed by atoms with Crippen LogP contribution in [0.15, 0.2) is 0 Å². The zero-order valence-corrected chi connectivity index (χ0v) is 13.9. The molecular weight excluding hydrogens is 250 g/mol. The lowest BCUT2D eigenvalue weighted by Crippen LogP contribution is -2.55. The lowest BCUT2D eigenvalue weighted by atomic mass is 9.99. The summed E-state index contributed by atoms with van der Waals surface area (Å²) >= 11 is 0. The van der Waals surface area contributed by atoms with Gasteiger partial charge >= 0.3 is 0 Å². The van der Waals surface area contributed by atoms with E-state index in [1.54, 1.807) is 0 Å². The Morgan fingerprint density at radius 2 is 1.90 bits per heavy atom. The molecule has 1 rings (SSSR count). The van der Waals surface area contributed by atoms with Gasteiger partial charge in [0.15, 0.2) is 0 Å². The molecule has 1 aliphatic heterocycles. The van der Waals surface area contributed by atoms with Crippen LogP contribution in [0.2, 0.25) is 0 Å². The molecular formula is C16H33N3O. The number of rotatable bonds is 7. The molecule has 0 aliphatic carbocycles. The van der Waals surface area contributed by atoms with Gasteiger partial charge in [-0.2, -0.15) is 0 Å². The summed E-state index contributed by atoms with van der Waals surface area (Å²) in [4.78, 5) is 14.6. The molecule has 4 heteroatoms. The number of carbonyl (C=O) groups excluding carboxylic acids is 1. The summed E-state index contributed by atoms with van der Waals surface area (Å²) in [6, 6.07) is 0.686. The molecule has 0 saturated carbocycles. The van der Waals surface area contributed by atoms with E-state index in [4.69, 9.17) is 0 Å². The van der Waals surface area contributed by atoms with E-state index < -0.39 is 0 Å². The van der Waals surface area contributed by atoms with Crippen molar-refractivity contribution in [1.82, 2.24) is 15.5 Å². The van der Waals surface area contributed by atoms with Crippen molar-refractivity contribution < 1.29 is 4.79 Å². The average Bonchev–Trinajstić information content (AvgIpc) is 2.37. The zero-order valence-electron chi connectivity index (χ0n) is 13.9. The van der Waals surface area contributed by atoms with Gasteiger partial charge in [0.05, 0.1) is 6.04 Å². The van der Waals surface area contributed by atoms with Crippen LogP contribution in [-0.4, -0.2) is 48.6 Å². The van der Waals surface area contributed by atoms with Gasteiger partial charge in [-0.3, -0.25) is 9.69 Å². The second-order valence-electron chi connectivity index (χ2n) is 6.78. The summed E-state index contributed by atoms with van der Waals surface area (Å²) in [5, 5.41) is 6.58. The van der Waals surface area contributed by atoms with Crippen LogP contribution in [0.4, 0.5) is 0 Å². The van der Waals surface area contributed by atoms with Gasteiger partial charge in [-0.15, -0.1) is 0 Å². The van der Waals surface area contributed by atoms with Crippen LogP contribution in [-0.2, 0) is 4.79 Å². The summed E-state index contributed by atoms with van der Waals surface area (Å²) < 4.78 is 0. The van der Waals surface area contributed by atoms with E-state index in [2.05, 4.69) is 29.4 Å². The molecule has 0 radical (unpaired) electrons. The normalized spacial score (nSPS) is 22.2. The summed E-state index contributed by atoms with van der Waals surface area (Å²) in [6.45, 7) is 13.6. The van der Waals surface area contributed by atoms with Crippen LogP contribution < -0.4 is 10.6 Å². The molecule has 118 valence electrons. The number of carbonyl (C=O) groups is 1. The first-order chi connectivity index (χ1) is 9.41. The van der Waals surface area contributed by atoms with E-state index in [0.717, 1.165) is 19.6 Å². The van der Waals surface area contributed by atoms with Gasteiger partial charge in [0.25, 0.3) is 0 Å². The highest BCUT2D eigenvalue weighted by atomic mass is 16.2. The molecule has 0 spiro atoms. The van der Waals surface area contributed by atoms with Crippen molar-refractivity contribution in [3.63, 3.8) is 0 Å². The molecule has 0 aromatic rings. The molecule has 1 aliphatic rings. The number of piperidine rings is 1. The number of amides is 1. The zero-order chi connectivity index (χ0) is 15.1. The molecule has 1 amide bonds. The van der Waals surface area contributed by atoms with E-state index in [0.29, 0.717) is 12.0 Å². The van der Waals surface area contributed by atoms with E-state index in [9.17, 15) is 4.79 Å². The molecule has 2 N–H and O–H groups in total. The fraction of sp³-hybridized carbons (Fsp3) is 0.938. The van der Waals surface area contributed by atoms with Crippen LogP contribution in [0.5, 0.6) is 0 Å². The fourth-order valence-electron chi connectivity index (χ4n) is 2.85. The summed E-state index contributed by atoms with van der Waals surface area (Å²) in [5.74, 6) is 0.837. The number of hydrogen-bond acceptors (Lipinski definition) is 3. The predicted molar refractivity (Wildman–Crippen MR) is 84.8 cm³/mol. The first-order valence-corrected chi connectivity index (χ1v) is 8.18. The Balaban J connectivity index is 2.51. The summed E-state index contributed by atoms with van der Waals surface area (Å²) in [5.41, 5.74) is 0. The van der Waals surface area contributed by atoms with Crippen LogP contribution in [0, 0.1) is 5.92 Å². The largest absolute Gasteiger partial charge is 0.353 e. The van der Waals surface area contributed by atoms with Crippen molar-refractivity contribution >= 4 is 5.91 Å². The van der Waals surface area contributed by atoms with Gasteiger partial charge in [0.1, 0.15) is 0 Å². The number of nitrogens with zero attached hydrogens (tertiary/aromatic N) is 1. The molecule has 2 unspecified atom stereocenters. The molecule has 1 saturated heterocycles. The van der Waals surface area contributed by atoms with Gasteiger partial charge in [0, 0.05) is 18.6 Å². The quantitative estimate of drug-likeness (QED) is 0.751. The third-order valence-corrected chi connectivity index (χ3v) is 3.91. The van der Waals surface area contributed by atoms with Gasteiger partial charge in [0.2, 0.25) is 5.91 Å². The van der Waals surface area contributed by atoms with Gasteiger partial charge in [-0.1, -0.05) is 20.3 Å². The van der Waals surface area contributed by atoms with Crippen LogP contribution in [0.25, 0.3) is 0 Å². The second-order valence-corrected chi connectivity index (χ2v) is 6.78. The molecule has 2 atom stereocenters. The first kappa shape index (κ1) is 17.4. The SMILES string of the molecule is CC(C)CNCC1CCCCN1C(C)C(=O)NC(C)C. The molecule has 0 aromatic carbocycles. The Morgan fingerprint density at radius 3 is 2.50 bits per heavy atom. The maximum absolute atomic E-state index is 12.2. The van der Waals surface area contributed by atoms with Crippen molar-refractivity contribution in [2.24, 2.45) is 5.92 Å². The van der Waals surface area contributed by atoms with Crippen LogP contribution >= 0.6 is 0 Å². The minimum atomic E-state index is -0.0245. The third-order valence-electron chi connectivity index (χ3n) is 3.91. The van der Waals surface area contributed by atoms with Crippen molar-refractivity contribution in [3.8, 4) is 0 Å². The highest BCUT2D eigenvalue weighted by Crippen LogP contribution is 2.19. The van der Waals surface area contributed by atoms with Crippen molar-refractivity contribution in [2.75, 3.05) is 19.6 Å². The smallest absolute Gasteiger partial charge is 0.237 e. The lowest BCUT2D eigenvalue weighted by molar-refractivity contribution is -0.127. The highest BCUT2D eigenvalue weighted by Gasteiger charge is 2.30. The van der Waals surface area contributed by atoms with Crippen molar-refractivity contribution in [2.45, 2.75) is 72.0 Å². The topological polar surface area (TPSA) is 44.4 Å². The highest BCUT2D eigenvalue weighted by molar-refractivity contribution is 5.81. The summed E-state index contributed by atoms with van der Waals surface area (Å²) in [6.07, 6.45) is 3.69. The maximum Gasteiger partial charge on any atom is 0.237 e. The minimum absolute atomic E-state index is 0.0245. The maximum atomic E-state index is 12.2.